The molecule has 17 heavy (non-hydrogen) atoms. The molecule has 3 heteroatoms. The van der Waals surface area contributed by atoms with E-state index in [0.717, 1.165) is 5.56 Å². The molecule has 3 nitrogen and oxygen atoms in total. The standard InChI is InChI=1S/C14H17N3/c1-10-4-5-12(6-11(10)2)14(15-3)13-7-16-9-17-8-13/h4-9,14-15H,1-3H3. The molecule has 0 saturated heterocycles. The SMILES string of the molecule is CNC(c1cncnc1)c1ccc(C)c(C)c1. The highest BCUT2D eigenvalue weighted by atomic mass is 14.9. The quantitative estimate of drug-likeness (QED) is 0.875. The van der Waals surface area contributed by atoms with Gasteiger partial charge in [-0.25, -0.2) is 9.97 Å². The normalized spacial score (nSPS) is 12.4. The summed E-state index contributed by atoms with van der Waals surface area (Å²) in [5.41, 5.74) is 4.94. The Bertz CT molecular complexity index is 494. The van der Waals surface area contributed by atoms with Gasteiger partial charge < -0.3 is 5.32 Å². The third-order valence-corrected chi connectivity index (χ3v) is 3.07. The van der Waals surface area contributed by atoms with E-state index < -0.39 is 0 Å². The van der Waals surface area contributed by atoms with Gasteiger partial charge in [0.05, 0.1) is 6.04 Å². The first-order chi connectivity index (χ1) is 8.22. The van der Waals surface area contributed by atoms with Crippen molar-refractivity contribution in [1.82, 2.24) is 15.3 Å². The number of benzene rings is 1. The molecular formula is C14H17N3. The zero-order valence-electron chi connectivity index (χ0n) is 10.4. The van der Waals surface area contributed by atoms with E-state index in [2.05, 4.69) is 47.3 Å². The Morgan fingerprint density at radius 1 is 1.00 bits per heavy atom. The lowest BCUT2D eigenvalue weighted by atomic mass is 9.97. The van der Waals surface area contributed by atoms with Gasteiger partial charge in [-0.15, -0.1) is 0 Å². The average molecular weight is 227 g/mol. The molecule has 0 amide bonds. The minimum absolute atomic E-state index is 0.149. The topological polar surface area (TPSA) is 37.8 Å². The van der Waals surface area contributed by atoms with Crippen molar-refractivity contribution >= 4 is 0 Å². The summed E-state index contributed by atoms with van der Waals surface area (Å²) in [7, 11) is 1.95. The van der Waals surface area contributed by atoms with Crippen molar-refractivity contribution in [2.24, 2.45) is 0 Å². The van der Waals surface area contributed by atoms with Crippen molar-refractivity contribution in [1.29, 1.82) is 0 Å². The summed E-state index contributed by atoms with van der Waals surface area (Å²) >= 11 is 0. The van der Waals surface area contributed by atoms with E-state index in [9.17, 15) is 0 Å². The number of hydrogen-bond donors (Lipinski definition) is 1. The number of aryl methyl sites for hydroxylation is 2. The smallest absolute Gasteiger partial charge is 0.115 e. The summed E-state index contributed by atoms with van der Waals surface area (Å²) in [5, 5.41) is 3.30. The molecule has 0 aliphatic carbocycles. The highest BCUT2D eigenvalue weighted by molar-refractivity contribution is 5.35. The highest BCUT2D eigenvalue weighted by Crippen LogP contribution is 2.22. The van der Waals surface area contributed by atoms with Crippen LogP contribution in [-0.4, -0.2) is 17.0 Å². The predicted octanol–water partition coefficient (Wildman–Crippen LogP) is 2.40. The van der Waals surface area contributed by atoms with Crippen molar-refractivity contribution in [3.05, 3.63) is 59.2 Å². The molecule has 88 valence electrons. The van der Waals surface area contributed by atoms with E-state index in [1.807, 2.05) is 19.4 Å². The Balaban J connectivity index is 2.39. The molecule has 2 aromatic rings. The first kappa shape index (κ1) is 11.7. The van der Waals surface area contributed by atoms with Gasteiger partial charge in [0.2, 0.25) is 0 Å². The monoisotopic (exact) mass is 227 g/mol. The summed E-state index contributed by atoms with van der Waals surface area (Å²) in [6.45, 7) is 4.26. The fourth-order valence-corrected chi connectivity index (χ4v) is 1.93. The van der Waals surface area contributed by atoms with E-state index in [0.29, 0.717) is 0 Å². The molecule has 1 atom stereocenters. The molecule has 0 aliphatic heterocycles. The van der Waals surface area contributed by atoms with Gasteiger partial charge in [0.1, 0.15) is 6.33 Å². The summed E-state index contributed by atoms with van der Waals surface area (Å²) in [5.74, 6) is 0. The minimum atomic E-state index is 0.149. The van der Waals surface area contributed by atoms with Gasteiger partial charge in [-0.1, -0.05) is 18.2 Å². The molecule has 2 rings (SSSR count). The van der Waals surface area contributed by atoms with Gasteiger partial charge in [-0.05, 0) is 37.6 Å². The molecule has 0 bridgehead atoms. The Labute approximate surface area is 102 Å². The van der Waals surface area contributed by atoms with E-state index >= 15 is 0 Å². The molecule has 1 heterocycles. The average Bonchev–Trinajstić information content (AvgIpc) is 2.36. The zero-order valence-corrected chi connectivity index (χ0v) is 10.4. The summed E-state index contributed by atoms with van der Waals surface area (Å²) in [6.07, 6.45) is 5.25. The maximum Gasteiger partial charge on any atom is 0.115 e. The van der Waals surface area contributed by atoms with Gasteiger partial charge in [0.15, 0.2) is 0 Å². The third-order valence-electron chi connectivity index (χ3n) is 3.07. The van der Waals surface area contributed by atoms with Crippen LogP contribution in [0.4, 0.5) is 0 Å². The number of rotatable bonds is 3. The Hall–Kier alpha value is -1.74. The number of nitrogens with zero attached hydrogens (tertiary/aromatic N) is 2. The third kappa shape index (κ3) is 2.50. The molecule has 0 spiro atoms. The lowest BCUT2D eigenvalue weighted by Gasteiger charge is -2.17. The van der Waals surface area contributed by atoms with Crippen molar-refractivity contribution in [2.75, 3.05) is 7.05 Å². The Morgan fingerprint density at radius 2 is 1.71 bits per heavy atom. The maximum atomic E-state index is 4.07. The van der Waals surface area contributed by atoms with Crippen LogP contribution in [0.5, 0.6) is 0 Å². The van der Waals surface area contributed by atoms with Crippen LogP contribution in [0.3, 0.4) is 0 Å². The van der Waals surface area contributed by atoms with E-state index in [-0.39, 0.29) is 6.04 Å². The molecule has 1 unspecified atom stereocenters. The lowest BCUT2D eigenvalue weighted by molar-refractivity contribution is 0.684. The highest BCUT2D eigenvalue weighted by Gasteiger charge is 2.12. The van der Waals surface area contributed by atoms with E-state index in [1.54, 1.807) is 6.33 Å². The maximum absolute atomic E-state index is 4.07. The van der Waals surface area contributed by atoms with Crippen molar-refractivity contribution in [2.45, 2.75) is 19.9 Å². The molecule has 1 aromatic carbocycles. The Morgan fingerprint density at radius 3 is 2.29 bits per heavy atom. The molecule has 0 aliphatic rings. The summed E-state index contributed by atoms with van der Waals surface area (Å²) in [4.78, 5) is 8.14. The number of hydrogen-bond acceptors (Lipinski definition) is 3. The molecule has 1 aromatic heterocycles. The van der Waals surface area contributed by atoms with Gasteiger partial charge in [0.25, 0.3) is 0 Å². The Kier molecular flexibility index (Phi) is 3.49. The van der Waals surface area contributed by atoms with E-state index in [1.165, 1.54) is 16.7 Å². The van der Waals surface area contributed by atoms with Crippen molar-refractivity contribution in [3.63, 3.8) is 0 Å². The van der Waals surface area contributed by atoms with Gasteiger partial charge in [0, 0.05) is 18.0 Å². The van der Waals surface area contributed by atoms with Crippen LogP contribution in [0.2, 0.25) is 0 Å². The predicted molar refractivity (Wildman–Crippen MR) is 68.9 cm³/mol. The van der Waals surface area contributed by atoms with Crippen LogP contribution in [0.25, 0.3) is 0 Å². The van der Waals surface area contributed by atoms with Crippen LogP contribution >= 0.6 is 0 Å². The largest absolute Gasteiger partial charge is 0.309 e. The zero-order chi connectivity index (χ0) is 12.3. The molecule has 0 saturated carbocycles. The lowest BCUT2D eigenvalue weighted by Crippen LogP contribution is -2.18. The molecule has 0 fully saturated rings. The van der Waals surface area contributed by atoms with Crippen LogP contribution in [0.1, 0.15) is 28.3 Å². The van der Waals surface area contributed by atoms with E-state index in [4.69, 9.17) is 0 Å². The van der Waals surface area contributed by atoms with Gasteiger partial charge in [-0.2, -0.15) is 0 Å². The van der Waals surface area contributed by atoms with Crippen LogP contribution < -0.4 is 5.32 Å². The summed E-state index contributed by atoms with van der Waals surface area (Å²) in [6, 6.07) is 6.66. The van der Waals surface area contributed by atoms with Crippen LogP contribution in [0.15, 0.2) is 36.9 Å². The first-order valence-corrected chi connectivity index (χ1v) is 5.71. The van der Waals surface area contributed by atoms with Crippen molar-refractivity contribution in [3.8, 4) is 0 Å². The van der Waals surface area contributed by atoms with Gasteiger partial charge in [-0.3, -0.25) is 0 Å². The first-order valence-electron chi connectivity index (χ1n) is 5.71. The minimum Gasteiger partial charge on any atom is -0.309 e. The van der Waals surface area contributed by atoms with Crippen molar-refractivity contribution < 1.29 is 0 Å². The van der Waals surface area contributed by atoms with Gasteiger partial charge >= 0.3 is 0 Å². The second kappa shape index (κ2) is 5.06. The second-order valence-corrected chi connectivity index (χ2v) is 4.24. The fraction of sp³-hybridized carbons (Fsp3) is 0.286. The molecule has 1 N–H and O–H groups in total. The van der Waals surface area contributed by atoms with Crippen LogP contribution in [0, 0.1) is 13.8 Å². The molecular weight excluding hydrogens is 210 g/mol. The van der Waals surface area contributed by atoms with Crippen LogP contribution in [-0.2, 0) is 0 Å². The fourth-order valence-electron chi connectivity index (χ4n) is 1.93. The number of nitrogens with one attached hydrogen (secondary N) is 1. The number of aromatic nitrogens is 2. The summed E-state index contributed by atoms with van der Waals surface area (Å²) < 4.78 is 0. The second-order valence-electron chi connectivity index (χ2n) is 4.24. The molecule has 0 radical (unpaired) electrons.